The summed E-state index contributed by atoms with van der Waals surface area (Å²) < 4.78 is 0. The van der Waals surface area contributed by atoms with Gasteiger partial charge in [-0.2, -0.15) is 0 Å². The van der Waals surface area contributed by atoms with Crippen molar-refractivity contribution in [2.45, 2.75) is 0 Å². The number of hydrogen-bond donors (Lipinski definition) is 1. The molecule has 2 rings (SSSR count). The van der Waals surface area contributed by atoms with Gasteiger partial charge in [-0.3, -0.25) is 0 Å². The first-order valence-corrected chi connectivity index (χ1v) is 3.25. The van der Waals surface area contributed by atoms with E-state index in [1.165, 1.54) is 11.1 Å². The van der Waals surface area contributed by atoms with E-state index >= 15 is 0 Å². The standard InChI is InChI=1S/C8H9N/c1-2-7-4-5-9-6-8(7)3-1/h1-4,9H,5-6H2. The molecule has 0 aromatic rings. The lowest BCUT2D eigenvalue weighted by Crippen LogP contribution is -2.21. The predicted octanol–water partition coefficient (Wildman–Crippen LogP) is 1.01. The summed E-state index contributed by atoms with van der Waals surface area (Å²) in [6, 6.07) is 0. The minimum atomic E-state index is 1.02. The molecule has 0 amide bonds. The molecule has 1 heteroatoms. The van der Waals surface area contributed by atoms with Gasteiger partial charge in [-0.15, -0.1) is 0 Å². The Labute approximate surface area is 54.8 Å². The van der Waals surface area contributed by atoms with Crippen LogP contribution in [-0.4, -0.2) is 13.1 Å². The van der Waals surface area contributed by atoms with E-state index in [1.807, 2.05) is 0 Å². The highest BCUT2D eigenvalue weighted by atomic mass is 14.9. The lowest BCUT2D eigenvalue weighted by molar-refractivity contribution is 0.797. The van der Waals surface area contributed by atoms with E-state index < -0.39 is 0 Å². The Hall–Kier alpha value is -0.820. The van der Waals surface area contributed by atoms with Crippen LogP contribution in [0.3, 0.4) is 0 Å². The molecule has 0 aromatic heterocycles. The van der Waals surface area contributed by atoms with E-state index in [1.54, 1.807) is 0 Å². The van der Waals surface area contributed by atoms with Gasteiger partial charge in [0.05, 0.1) is 0 Å². The zero-order chi connectivity index (χ0) is 6.10. The third-order valence-corrected chi connectivity index (χ3v) is 1.73. The molecule has 0 radical (unpaired) electrons. The minimum absolute atomic E-state index is 1.02. The topological polar surface area (TPSA) is 12.0 Å². The second kappa shape index (κ2) is 1.85. The molecule has 0 atom stereocenters. The lowest BCUT2D eigenvalue weighted by Gasteiger charge is -2.11. The lowest BCUT2D eigenvalue weighted by atomic mass is 10.1. The van der Waals surface area contributed by atoms with Crippen molar-refractivity contribution in [3.63, 3.8) is 0 Å². The monoisotopic (exact) mass is 119 g/mol. The first kappa shape index (κ1) is 5.00. The van der Waals surface area contributed by atoms with Gasteiger partial charge in [0.1, 0.15) is 0 Å². The molecule has 0 fully saturated rings. The maximum Gasteiger partial charge on any atom is 0.0214 e. The van der Waals surface area contributed by atoms with E-state index in [2.05, 4.69) is 29.6 Å². The molecule has 1 aliphatic carbocycles. The van der Waals surface area contributed by atoms with Crippen molar-refractivity contribution in [3.05, 3.63) is 35.5 Å². The molecule has 0 saturated carbocycles. The molecular formula is C8H9N. The molecule has 0 unspecified atom stereocenters. The van der Waals surface area contributed by atoms with Crippen molar-refractivity contribution in [2.24, 2.45) is 0 Å². The number of nitrogens with one attached hydrogen (secondary N) is 1. The second-order valence-corrected chi connectivity index (χ2v) is 2.34. The number of allylic oxidation sites excluding steroid dienone is 3. The Morgan fingerprint density at radius 3 is 3.33 bits per heavy atom. The van der Waals surface area contributed by atoms with Gasteiger partial charge in [0.25, 0.3) is 0 Å². The summed E-state index contributed by atoms with van der Waals surface area (Å²) in [4.78, 5) is 0. The highest BCUT2D eigenvalue weighted by Crippen LogP contribution is 2.18. The van der Waals surface area contributed by atoms with Crippen LogP contribution in [0.2, 0.25) is 0 Å². The largest absolute Gasteiger partial charge is 0.309 e. The molecule has 46 valence electrons. The van der Waals surface area contributed by atoms with Crippen LogP contribution in [0, 0.1) is 0 Å². The highest BCUT2D eigenvalue weighted by Gasteiger charge is 2.08. The highest BCUT2D eigenvalue weighted by molar-refractivity contribution is 5.50. The average Bonchev–Trinajstić information content (AvgIpc) is 2.33. The smallest absolute Gasteiger partial charge is 0.0214 e. The van der Waals surface area contributed by atoms with Gasteiger partial charge in [0.2, 0.25) is 0 Å². The first-order chi connectivity index (χ1) is 4.47. The quantitative estimate of drug-likeness (QED) is 0.502. The fourth-order valence-electron chi connectivity index (χ4n) is 1.22. The van der Waals surface area contributed by atoms with Gasteiger partial charge < -0.3 is 5.32 Å². The zero-order valence-electron chi connectivity index (χ0n) is 5.22. The van der Waals surface area contributed by atoms with E-state index in [9.17, 15) is 0 Å². The molecule has 9 heavy (non-hydrogen) atoms. The maximum atomic E-state index is 3.27. The molecule has 1 aliphatic heterocycles. The van der Waals surface area contributed by atoms with Crippen molar-refractivity contribution in [2.75, 3.05) is 13.1 Å². The van der Waals surface area contributed by atoms with Crippen LogP contribution in [0.15, 0.2) is 35.5 Å². The normalized spacial score (nSPS) is 23.1. The Bertz CT molecular complexity index is 209. The fraction of sp³-hybridized carbons (Fsp3) is 0.250. The molecule has 0 aromatic carbocycles. The van der Waals surface area contributed by atoms with Gasteiger partial charge in [-0.05, 0) is 11.1 Å². The summed E-state index contributed by atoms with van der Waals surface area (Å²) in [5.41, 5.74) is 2.84. The van der Waals surface area contributed by atoms with Crippen molar-refractivity contribution in [1.29, 1.82) is 0 Å². The van der Waals surface area contributed by atoms with Gasteiger partial charge in [0, 0.05) is 13.1 Å². The summed E-state index contributed by atoms with van der Waals surface area (Å²) in [5, 5.41) is 3.27. The molecular weight excluding hydrogens is 110 g/mol. The summed E-state index contributed by atoms with van der Waals surface area (Å²) in [7, 11) is 0. The molecule has 1 heterocycles. The van der Waals surface area contributed by atoms with Crippen LogP contribution in [0.5, 0.6) is 0 Å². The molecule has 1 nitrogen and oxygen atoms in total. The van der Waals surface area contributed by atoms with Crippen LogP contribution in [0.25, 0.3) is 0 Å². The van der Waals surface area contributed by atoms with Gasteiger partial charge in [-0.1, -0.05) is 24.3 Å². The maximum absolute atomic E-state index is 3.27. The van der Waals surface area contributed by atoms with Crippen molar-refractivity contribution in [3.8, 4) is 0 Å². The van der Waals surface area contributed by atoms with Gasteiger partial charge in [-0.25, -0.2) is 0 Å². The van der Waals surface area contributed by atoms with Crippen LogP contribution in [-0.2, 0) is 0 Å². The molecule has 1 N–H and O–H groups in total. The van der Waals surface area contributed by atoms with E-state index in [0.717, 1.165) is 13.1 Å². The fourth-order valence-corrected chi connectivity index (χ4v) is 1.22. The van der Waals surface area contributed by atoms with E-state index in [0.29, 0.717) is 0 Å². The summed E-state index contributed by atoms with van der Waals surface area (Å²) in [6.45, 7) is 2.07. The van der Waals surface area contributed by atoms with Crippen molar-refractivity contribution < 1.29 is 0 Å². The molecule has 0 saturated heterocycles. The molecule has 0 bridgehead atoms. The number of fused-ring (bicyclic) bond motifs is 1. The Kier molecular flexibility index (Phi) is 1.03. The van der Waals surface area contributed by atoms with Gasteiger partial charge in [0.15, 0.2) is 0 Å². The predicted molar refractivity (Wildman–Crippen MR) is 38.2 cm³/mol. The third-order valence-electron chi connectivity index (χ3n) is 1.73. The summed E-state index contributed by atoms with van der Waals surface area (Å²) in [6.07, 6.45) is 8.65. The van der Waals surface area contributed by atoms with E-state index in [4.69, 9.17) is 0 Å². The van der Waals surface area contributed by atoms with Crippen LogP contribution >= 0.6 is 0 Å². The van der Waals surface area contributed by atoms with E-state index in [-0.39, 0.29) is 0 Å². The molecule has 2 aliphatic rings. The minimum Gasteiger partial charge on any atom is -0.309 e. The van der Waals surface area contributed by atoms with Crippen LogP contribution in [0.4, 0.5) is 0 Å². The second-order valence-electron chi connectivity index (χ2n) is 2.34. The average molecular weight is 119 g/mol. The zero-order valence-corrected chi connectivity index (χ0v) is 5.22. The molecule has 0 spiro atoms. The Morgan fingerprint density at radius 2 is 2.44 bits per heavy atom. The Balaban J connectivity index is 2.38. The van der Waals surface area contributed by atoms with Gasteiger partial charge >= 0.3 is 0 Å². The number of hydrogen-bond acceptors (Lipinski definition) is 1. The first-order valence-electron chi connectivity index (χ1n) is 3.25. The SMILES string of the molecule is C1=CC2=CCNCC2=C1. The summed E-state index contributed by atoms with van der Waals surface area (Å²) in [5.74, 6) is 0. The number of rotatable bonds is 0. The van der Waals surface area contributed by atoms with Crippen LogP contribution in [0.1, 0.15) is 0 Å². The third kappa shape index (κ3) is 0.736. The summed E-state index contributed by atoms with van der Waals surface area (Å²) >= 11 is 0. The van der Waals surface area contributed by atoms with Crippen molar-refractivity contribution >= 4 is 0 Å². The Morgan fingerprint density at radius 1 is 1.44 bits per heavy atom. The van der Waals surface area contributed by atoms with Crippen molar-refractivity contribution in [1.82, 2.24) is 5.32 Å². The van der Waals surface area contributed by atoms with Crippen LogP contribution < -0.4 is 5.32 Å².